The highest BCUT2D eigenvalue weighted by Gasteiger charge is 2.32. The summed E-state index contributed by atoms with van der Waals surface area (Å²) in [7, 11) is 0. The van der Waals surface area contributed by atoms with Crippen molar-refractivity contribution < 1.29 is 23.0 Å². The summed E-state index contributed by atoms with van der Waals surface area (Å²) in [6, 6.07) is 0.950. The maximum atomic E-state index is 12.0. The second-order valence-electron chi connectivity index (χ2n) is 2.89. The van der Waals surface area contributed by atoms with Crippen molar-refractivity contribution in [3.8, 4) is 5.75 Å². The highest BCUT2D eigenvalue weighted by molar-refractivity contribution is 5.50. The van der Waals surface area contributed by atoms with Crippen LogP contribution in [0.2, 0.25) is 0 Å². The van der Waals surface area contributed by atoms with Gasteiger partial charge in [-0.1, -0.05) is 0 Å². The molecule has 0 aliphatic carbocycles. The monoisotopic (exact) mass is 237 g/mol. The van der Waals surface area contributed by atoms with E-state index in [1.807, 2.05) is 0 Å². The molecule has 0 aromatic carbocycles. The zero-order valence-corrected chi connectivity index (χ0v) is 8.08. The van der Waals surface area contributed by atoms with Crippen LogP contribution in [0.4, 0.5) is 19.0 Å². The molecule has 1 rings (SSSR count). The molecule has 0 radical (unpaired) electrons. The number of nitrogen functional groups attached to an aromatic ring is 1. The lowest BCUT2D eigenvalue weighted by atomic mass is 10.2. The van der Waals surface area contributed by atoms with Gasteiger partial charge in [0.2, 0.25) is 0 Å². The molecule has 0 saturated carbocycles. The van der Waals surface area contributed by atoms with Gasteiger partial charge in [0.25, 0.3) is 0 Å². The summed E-state index contributed by atoms with van der Waals surface area (Å²) in [4.78, 5) is 3.65. The van der Waals surface area contributed by atoms with Crippen LogP contribution in [0.3, 0.4) is 0 Å². The van der Waals surface area contributed by atoms with Gasteiger partial charge in [0.1, 0.15) is 11.6 Å². The van der Waals surface area contributed by atoms with Gasteiger partial charge in [0.05, 0.1) is 17.9 Å². The molecule has 1 heterocycles. The molecule has 0 saturated heterocycles. The summed E-state index contributed by atoms with van der Waals surface area (Å²) >= 11 is 0. The lowest BCUT2D eigenvalue weighted by Gasteiger charge is -2.14. The van der Waals surface area contributed by atoms with Crippen LogP contribution in [0, 0.1) is 0 Å². The molecule has 0 aliphatic rings. The second-order valence-corrected chi connectivity index (χ2v) is 2.89. The molecule has 5 nitrogen and oxygen atoms in total. The molecule has 0 bridgehead atoms. The van der Waals surface area contributed by atoms with Crippen molar-refractivity contribution in [2.45, 2.75) is 19.5 Å². The Kier molecular flexibility index (Phi) is 3.55. The molecule has 90 valence electrons. The number of aliphatic hydroxyl groups is 1. The van der Waals surface area contributed by atoms with Gasteiger partial charge >= 0.3 is 6.36 Å². The van der Waals surface area contributed by atoms with E-state index in [4.69, 9.17) is 16.6 Å². The van der Waals surface area contributed by atoms with Crippen molar-refractivity contribution in [3.05, 3.63) is 17.3 Å². The van der Waals surface area contributed by atoms with Gasteiger partial charge in [-0.05, 0) is 0 Å². The van der Waals surface area contributed by atoms with Crippen molar-refractivity contribution in [2.24, 2.45) is 5.73 Å². The van der Waals surface area contributed by atoms with Crippen LogP contribution in [0.5, 0.6) is 5.75 Å². The van der Waals surface area contributed by atoms with E-state index in [1.165, 1.54) is 0 Å². The summed E-state index contributed by atoms with van der Waals surface area (Å²) in [5.41, 5.74) is 10.5. The number of hydrogen-bond donors (Lipinski definition) is 3. The Morgan fingerprint density at radius 2 is 2.06 bits per heavy atom. The minimum Gasteiger partial charge on any atom is -0.405 e. The average Bonchev–Trinajstić information content (AvgIpc) is 2.14. The number of anilines is 1. The molecule has 0 spiro atoms. The summed E-state index contributed by atoms with van der Waals surface area (Å²) in [5.74, 6) is -0.722. The SMILES string of the molecule is NCc1c(OC(F)(F)F)cc(CO)nc1N. The fourth-order valence-electron chi connectivity index (χ4n) is 1.12. The molecule has 1 aromatic rings. The summed E-state index contributed by atoms with van der Waals surface area (Å²) in [6.45, 7) is -0.779. The van der Waals surface area contributed by atoms with E-state index >= 15 is 0 Å². The van der Waals surface area contributed by atoms with Crippen molar-refractivity contribution in [3.63, 3.8) is 0 Å². The summed E-state index contributed by atoms with van der Waals surface area (Å²) in [5, 5.41) is 8.76. The highest BCUT2D eigenvalue weighted by Crippen LogP contribution is 2.29. The highest BCUT2D eigenvalue weighted by atomic mass is 19.4. The van der Waals surface area contributed by atoms with Crippen molar-refractivity contribution in [1.82, 2.24) is 4.98 Å². The number of hydrogen-bond acceptors (Lipinski definition) is 5. The first-order chi connectivity index (χ1) is 7.37. The summed E-state index contributed by atoms with van der Waals surface area (Å²) in [6.07, 6.45) is -4.84. The zero-order valence-electron chi connectivity index (χ0n) is 8.08. The maximum absolute atomic E-state index is 12.0. The van der Waals surface area contributed by atoms with E-state index in [1.54, 1.807) is 0 Å². The molecule has 0 amide bonds. The van der Waals surface area contributed by atoms with Gasteiger partial charge in [-0.25, -0.2) is 4.98 Å². The topological polar surface area (TPSA) is 94.4 Å². The minimum absolute atomic E-state index is 0.0195. The van der Waals surface area contributed by atoms with Crippen LogP contribution in [-0.4, -0.2) is 16.5 Å². The number of aliphatic hydroxyl groups excluding tert-OH is 1. The van der Waals surface area contributed by atoms with Gasteiger partial charge < -0.3 is 21.3 Å². The van der Waals surface area contributed by atoms with E-state index < -0.39 is 18.7 Å². The first kappa shape index (κ1) is 12.5. The predicted octanol–water partition coefficient (Wildman–Crippen LogP) is 0.513. The molecule has 16 heavy (non-hydrogen) atoms. The Morgan fingerprint density at radius 1 is 1.44 bits per heavy atom. The van der Waals surface area contributed by atoms with Crippen LogP contribution in [0.15, 0.2) is 6.07 Å². The molecular weight excluding hydrogens is 227 g/mol. The Hall–Kier alpha value is -1.54. The van der Waals surface area contributed by atoms with Crippen LogP contribution in [0.25, 0.3) is 0 Å². The van der Waals surface area contributed by atoms with E-state index in [9.17, 15) is 13.2 Å². The molecule has 0 aliphatic heterocycles. The first-order valence-corrected chi connectivity index (χ1v) is 4.22. The van der Waals surface area contributed by atoms with Crippen LogP contribution >= 0.6 is 0 Å². The van der Waals surface area contributed by atoms with Gasteiger partial charge in [-0.15, -0.1) is 13.2 Å². The maximum Gasteiger partial charge on any atom is 0.573 e. The number of alkyl halides is 3. The molecular formula is C8H10F3N3O2. The standard InChI is InChI=1S/C8H10F3N3O2/c9-8(10,11)16-6-1-4(3-15)14-7(13)5(6)2-12/h1,15H,2-3,12H2,(H2,13,14). The number of halogens is 3. The lowest BCUT2D eigenvalue weighted by molar-refractivity contribution is -0.274. The van der Waals surface area contributed by atoms with Crippen LogP contribution < -0.4 is 16.2 Å². The summed E-state index contributed by atoms with van der Waals surface area (Å²) < 4.78 is 39.9. The number of nitrogens with zero attached hydrogens (tertiary/aromatic N) is 1. The van der Waals surface area contributed by atoms with Gasteiger partial charge in [0.15, 0.2) is 0 Å². The Balaban J connectivity index is 3.18. The molecule has 0 atom stereocenters. The fraction of sp³-hybridized carbons (Fsp3) is 0.375. The van der Waals surface area contributed by atoms with Crippen LogP contribution in [0.1, 0.15) is 11.3 Å². The minimum atomic E-state index is -4.84. The van der Waals surface area contributed by atoms with Crippen molar-refractivity contribution in [1.29, 1.82) is 0 Å². The Labute approximate surface area is 88.8 Å². The lowest BCUT2D eigenvalue weighted by Crippen LogP contribution is -2.20. The normalized spacial score (nSPS) is 11.6. The second kappa shape index (κ2) is 4.54. The zero-order chi connectivity index (χ0) is 12.3. The first-order valence-electron chi connectivity index (χ1n) is 4.22. The van der Waals surface area contributed by atoms with E-state index in [0.29, 0.717) is 0 Å². The molecule has 1 aromatic heterocycles. The van der Waals surface area contributed by atoms with E-state index in [-0.39, 0.29) is 23.6 Å². The van der Waals surface area contributed by atoms with E-state index in [2.05, 4.69) is 9.72 Å². The van der Waals surface area contributed by atoms with Gasteiger partial charge in [-0.3, -0.25) is 0 Å². The number of nitrogens with two attached hydrogens (primary N) is 2. The van der Waals surface area contributed by atoms with Crippen LogP contribution in [-0.2, 0) is 13.2 Å². The third kappa shape index (κ3) is 2.97. The van der Waals surface area contributed by atoms with Gasteiger partial charge in [-0.2, -0.15) is 0 Å². The van der Waals surface area contributed by atoms with Crippen molar-refractivity contribution in [2.75, 3.05) is 5.73 Å². The predicted molar refractivity (Wildman–Crippen MR) is 49.1 cm³/mol. The third-order valence-electron chi connectivity index (χ3n) is 1.76. The molecule has 5 N–H and O–H groups in total. The average molecular weight is 237 g/mol. The quantitative estimate of drug-likeness (QED) is 0.712. The number of ether oxygens (including phenoxy) is 1. The number of pyridine rings is 1. The molecule has 0 fully saturated rings. The van der Waals surface area contributed by atoms with Crippen molar-refractivity contribution >= 4 is 5.82 Å². The fourth-order valence-corrected chi connectivity index (χ4v) is 1.12. The largest absolute Gasteiger partial charge is 0.573 e. The Morgan fingerprint density at radius 3 is 2.50 bits per heavy atom. The molecule has 8 heteroatoms. The van der Waals surface area contributed by atoms with Gasteiger partial charge in [0, 0.05) is 12.6 Å². The number of rotatable bonds is 3. The van der Waals surface area contributed by atoms with E-state index in [0.717, 1.165) is 6.07 Å². The third-order valence-corrected chi connectivity index (χ3v) is 1.76. The molecule has 0 unspecified atom stereocenters. The number of aromatic nitrogens is 1. The Bertz CT molecular complexity index is 382. The smallest absolute Gasteiger partial charge is 0.405 e.